The molecule has 14 nitrogen and oxygen atoms in total. The third kappa shape index (κ3) is 9.54. The Hall–Kier alpha value is -4.68. The van der Waals surface area contributed by atoms with Gasteiger partial charge in [0.15, 0.2) is 0 Å². The zero-order valence-corrected chi connectivity index (χ0v) is 34.4. The van der Waals surface area contributed by atoms with Gasteiger partial charge in [-0.25, -0.2) is 22.6 Å². The number of rotatable bonds is 10. The first-order valence-electron chi connectivity index (χ1n) is 19.7. The summed E-state index contributed by atoms with van der Waals surface area (Å²) >= 11 is 0. The summed E-state index contributed by atoms with van der Waals surface area (Å²) in [6, 6.07) is 4.40. The van der Waals surface area contributed by atoms with Crippen LogP contribution < -0.4 is 24.8 Å². The van der Waals surface area contributed by atoms with E-state index in [2.05, 4.69) is 15.6 Å². The first kappa shape index (κ1) is 43.9. The van der Waals surface area contributed by atoms with Crippen LogP contribution in [-0.4, -0.2) is 103 Å². The van der Waals surface area contributed by atoms with Crippen LogP contribution in [0.15, 0.2) is 42.6 Å². The number of pyridine rings is 1. The van der Waals surface area contributed by atoms with E-state index in [0.29, 0.717) is 35.8 Å². The number of amides is 4. The Morgan fingerprint density at radius 1 is 1.08 bits per heavy atom. The zero-order chi connectivity index (χ0) is 43.1. The van der Waals surface area contributed by atoms with E-state index in [1.54, 1.807) is 37.3 Å². The molecule has 324 valence electrons. The van der Waals surface area contributed by atoms with Crippen LogP contribution >= 0.6 is 0 Å². The second kappa shape index (κ2) is 16.4. The quantitative estimate of drug-likeness (QED) is 0.211. The predicted octanol–water partition coefficient (Wildman–Crippen LogP) is 5.25. The summed E-state index contributed by atoms with van der Waals surface area (Å²) in [6.07, 6.45) is -1.77. The van der Waals surface area contributed by atoms with Gasteiger partial charge in [0.2, 0.25) is 27.7 Å². The summed E-state index contributed by atoms with van der Waals surface area (Å²) in [7, 11) is -2.97. The molecule has 3 N–H and O–H groups in total. The number of aromatic nitrogens is 1. The fraction of sp³-hybridized carbons (Fsp3) is 0.625. The maximum Gasteiger partial charge on any atom is 0.408 e. The zero-order valence-electron chi connectivity index (χ0n) is 33.6. The largest absolute Gasteiger partial charge is 0.494 e. The highest BCUT2D eigenvalue weighted by Gasteiger charge is 2.64. The number of alkyl carbamates (subject to hydrolysis) is 1. The van der Waals surface area contributed by atoms with Gasteiger partial charge in [-0.2, -0.15) is 13.2 Å². The first-order valence-corrected chi connectivity index (χ1v) is 21.2. The third-order valence-corrected chi connectivity index (χ3v) is 13.9. The number of sulfonamides is 1. The van der Waals surface area contributed by atoms with Gasteiger partial charge in [-0.3, -0.25) is 19.1 Å². The first-order chi connectivity index (χ1) is 27.6. The van der Waals surface area contributed by atoms with E-state index in [1.807, 2.05) is 17.7 Å². The number of ether oxygens (including phenoxy) is 3. The molecule has 2 aliphatic carbocycles. The van der Waals surface area contributed by atoms with Crippen molar-refractivity contribution in [2.75, 3.05) is 20.3 Å². The smallest absolute Gasteiger partial charge is 0.408 e. The molecular weight excluding hydrogens is 803 g/mol. The van der Waals surface area contributed by atoms with Crippen molar-refractivity contribution in [3.63, 3.8) is 0 Å². The van der Waals surface area contributed by atoms with E-state index in [9.17, 15) is 45.2 Å². The summed E-state index contributed by atoms with van der Waals surface area (Å²) in [6.45, 7) is 4.44. The maximum absolute atomic E-state index is 14.8. The highest BCUT2D eigenvalue weighted by molar-refractivity contribution is 7.91. The van der Waals surface area contributed by atoms with Gasteiger partial charge in [-0.05, 0) is 70.3 Å². The maximum atomic E-state index is 14.8. The van der Waals surface area contributed by atoms with Crippen molar-refractivity contribution in [1.82, 2.24) is 25.2 Å². The van der Waals surface area contributed by atoms with Crippen LogP contribution in [0.25, 0.3) is 10.8 Å². The number of nitrogens with one attached hydrogen (secondary N) is 3. The molecule has 1 aromatic heterocycles. The van der Waals surface area contributed by atoms with Crippen molar-refractivity contribution < 1.29 is 59.4 Å². The van der Waals surface area contributed by atoms with Crippen molar-refractivity contribution in [1.29, 1.82) is 0 Å². The van der Waals surface area contributed by atoms with Crippen LogP contribution in [0.2, 0.25) is 0 Å². The highest BCUT2D eigenvalue weighted by Crippen LogP contribution is 2.48. The number of benzene rings is 1. The summed E-state index contributed by atoms with van der Waals surface area (Å²) < 4.78 is 97.5. The summed E-state index contributed by atoms with van der Waals surface area (Å²) in [5, 5.41) is 6.49. The number of hydrogen-bond acceptors (Lipinski definition) is 10. The molecule has 0 spiro atoms. The van der Waals surface area contributed by atoms with Crippen LogP contribution in [0.5, 0.6) is 11.6 Å². The van der Waals surface area contributed by atoms with E-state index in [4.69, 9.17) is 14.2 Å². The Balaban J connectivity index is 1.35. The topological polar surface area (TPSA) is 182 Å². The molecule has 59 heavy (non-hydrogen) atoms. The van der Waals surface area contributed by atoms with Crippen LogP contribution in [0.4, 0.5) is 22.4 Å². The number of halogens is 4. The minimum absolute atomic E-state index is 0.0257. The molecule has 7 atom stereocenters. The van der Waals surface area contributed by atoms with Crippen molar-refractivity contribution in [3.05, 3.63) is 42.6 Å². The third-order valence-electron chi connectivity index (χ3n) is 11.8. The lowest BCUT2D eigenvalue weighted by Gasteiger charge is -2.34. The molecule has 2 saturated carbocycles. The predicted molar refractivity (Wildman–Crippen MR) is 206 cm³/mol. The number of methoxy groups -OCH3 is 1. The van der Waals surface area contributed by atoms with Gasteiger partial charge in [0.25, 0.3) is 5.91 Å². The van der Waals surface area contributed by atoms with Gasteiger partial charge in [0.1, 0.15) is 46.5 Å². The molecule has 0 radical (unpaired) electrons. The average molecular weight is 854 g/mol. The average Bonchev–Trinajstić information content (AvgIpc) is 4.05. The monoisotopic (exact) mass is 853 g/mol. The van der Waals surface area contributed by atoms with Crippen LogP contribution in [0, 0.1) is 17.8 Å². The second-order valence-electron chi connectivity index (χ2n) is 17.1. The van der Waals surface area contributed by atoms with Gasteiger partial charge in [-0.15, -0.1) is 0 Å². The van der Waals surface area contributed by atoms with Gasteiger partial charge in [0.05, 0.1) is 26.3 Å². The van der Waals surface area contributed by atoms with Gasteiger partial charge in [0, 0.05) is 23.1 Å². The van der Waals surface area contributed by atoms with Crippen LogP contribution in [0.1, 0.15) is 79.1 Å². The molecule has 3 heterocycles. The molecule has 4 aliphatic rings. The Bertz CT molecular complexity index is 2100. The second-order valence-corrected chi connectivity index (χ2v) is 19.1. The molecule has 0 bridgehead atoms. The van der Waals surface area contributed by atoms with E-state index >= 15 is 0 Å². The molecule has 1 aromatic carbocycles. The van der Waals surface area contributed by atoms with Crippen molar-refractivity contribution in [2.45, 2.75) is 119 Å². The Morgan fingerprint density at radius 2 is 1.78 bits per heavy atom. The van der Waals surface area contributed by atoms with Crippen molar-refractivity contribution in [2.24, 2.45) is 17.8 Å². The summed E-state index contributed by atoms with van der Waals surface area (Å²) in [4.78, 5) is 62.1. The number of carbonyl (C=O) groups is 4. The Labute approximate surface area is 340 Å². The molecule has 6 rings (SSSR count). The molecule has 19 heteroatoms. The molecule has 2 aromatic rings. The number of allylic oxidation sites excluding steroid dienone is 1. The summed E-state index contributed by atoms with van der Waals surface area (Å²) in [5.41, 5.74) is -3.73. The van der Waals surface area contributed by atoms with Crippen LogP contribution in [-0.2, 0) is 29.1 Å². The normalized spacial score (nSPS) is 29.1. The van der Waals surface area contributed by atoms with Gasteiger partial charge in [-0.1, -0.05) is 44.2 Å². The van der Waals surface area contributed by atoms with Crippen LogP contribution in [0.3, 0.4) is 0 Å². The number of nitrogens with zero attached hydrogens (tertiary/aromatic N) is 2. The lowest BCUT2D eigenvalue weighted by atomic mass is 9.88. The molecule has 2 aliphatic heterocycles. The molecule has 1 unspecified atom stereocenters. The number of fused-ring (bicyclic) bond motifs is 3. The van der Waals surface area contributed by atoms with E-state index in [0.717, 1.165) is 13.8 Å². The lowest BCUT2D eigenvalue weighted by molar-refractivity contribution is -0.169. The SMILES string of the molecule is COc1cnc(O[C@@H]2C[C@H]3C(=O)N[C@]4(C(=O)NS(=O)(=O)C5(CF)CC5)CC4/C=C\CC[C@@H](C)C[C@@H](C)[C@H](NC(=O)OC(C)(C)CC(F)(F)F)C(=O)N3C2)c2ccccc12. The lowest BCUT2D eigenvalue weighted by Crippen LogP contribution is -2.59. The van der Waals surface area contributed by atoms with E-state index < -0.39 is 99.0 Å². The van der Waals surface area contributed by atoms with E-state index in [-0.39, 0.29) is 44.0 Å². The molecule has 1 saturated heterocycles. The fourth-order valence-corrected chi connectivity index (χ4v) is 9.66. The standard InChI is InChI=1S/C40H51F4N5O9S/c1-23-10-6-7-11-25-18-39(25,35(52)48-59(54,55)38(22-41)14-15-38)47-32(50)29-17-26(57-33-28-13-9-8-12-27(28)30(56-5)19-45-33)20-49(29)34(51)31(24(2)16-23)46-36(53)58-37(3,4)21-40(42,43)44/h7-9,11-13,19,23-26,29,31H,6,10,14-18,20-22H2,1-5H3,(H,46,53)(H,47,50)(H,48,52)/b11-7-/t23-,24-,25?,26-,29+,31+,39-/m1/s1. The Morgan fingerprint density at radius 3 is 2.42 bits per heavy atom. The van der Waals surface area contributed by atoms with Gasteiger partial charge < -0.3 is 29.7 Å². The number of alkyl halides is 4. The minimum atomic E-state index is -4.65. The minimum Gasteiger partial charge on any atom is -0.494 e. The number of hydrogen-bond donors (Lipinski definition) is 3. The Kier molecular flexibility index (Phi) is 12.2. The highest BCUT2D eigenvalue weighted by atomic mass is 32.2. The number of carbonyl (C=O) groups excluding carboxylic acids is 4. The fourth-order valence-electron chi connectivity index (χ4n) is 8.23. The van der Waals surface area contributed by atoms with Crippen molar-refractivity contribution >= 4 is 44.6 Å². The van der Waals surface area contributed by atoms with Gasteiger partial charge >= 0.3 is 12.3 Å². The van der Waals surface area contributed by atoms with E-state index in [1.165, 1.54) is 18.2 Å². The molecular formula is C40H51F4N5O9S. The molecule has 3 fully saturated rings. The molecule has 4 amide bonds. The van der Waals surface area contributed by atoms with Crippen molar-refractivity contribution in [3.8, 4) is 11.6 Å². The summed E-state index contributed by atoms with van der Waals surface area (Å²) in [5.74, 6) is -3.24.